The fourth-order valence-corrected chi connectivity index (χ4v) is 2.32. The molecule has 2 unspecified atom stereocenters. The van der Waals surface area contributed by atoms with Crippen LogP contribution in [0.25, 0.3) is 0 Å². The second-order valence-electron chi connectivity index (χ2n) is 3.68. The minimum absolute atomic E-state index is 0.0680. The molecule has 1 aromatic rings. The van der Waals surface area contributed by atoms with Crippen molar-refractivity contribution in [1.82, 2.24) is 5.32 Å². The molecule has 0 aliphatic rings. The standard InChI is InChI=1S/C11H13BrClNO2S/c1-7(17(2)16)6-14-11(15)8-3-9(12)5-10(13)4-8/h3-5,7H,6H2,1-2H3,(H,14,15). The lowest BCUT2D eigenvalue weighted by Gasteiger charge is -2.10. The fourth-order valence-electron chi connectivity index (χ4n) is 1.14. The van der Waals surface area contributed by atoms with Gasteiger partial charge in [-0.25, -0.2) is 0 Å². The van der Waals surface area contributed by atoms with Gasteiger partial charge in [-0.05, 0) is 25.1 Å². The summed E-state index contributed by atoms with van der Waals surface area (Å²) < 4.78 is 11.9. The molecular weight excluding hydrogens is 326 g/mol. The van der Waals surface area contributed by atoms with Crippen molar-refractivity contribution in [3.05, 3.63) is 33.3 Å². The van der Waals surface area contributed by atoms with E-state index in [1.54, 1.807) is 24.5 Å². The van der Waals surface area contributed by atoms with Crippen LogP contribution in [0.5, 0.6) is 0 Å². The summed E-state index contributed by atoms with van der Waals surface area (Å²) >= 11 is 9.12. The Bertz CT molecular complexity index is 433. The lowest BCUT2D eigenvalue weighted by molar-refractivity contribution is 0.0954. The molecule has 2 atom stereocenters. The lowest BCUT2D eigenvalue weighted by atomic mass is 10.2. The number of nitrogens with one attached hydrogen (secondary N) is 1. The molecule has 3 nitrogen and oxygen atoms in total. The Morgan fingerprint density at radius 3 is 2.71 bits per heavy atom. The highest BCUT2D eigenvalue weighted by molar-refractivity contribution is 9.10. The zero-order valence-electron chi connectivity index (χ0n) is 9.50. The van der Waals surface area contributed by atoms with Crippen LogP contribution in [-0.4, -0.2) is 28.2 Å². The van der Waals surface area contributed by atoms with Gasteiger partial charge >= 0.3 is 0 Å². The van der Waals surface area contributed by atoms with Crippen molar-refractivity contribution in [2.45, 2.75) is 12.2 Å². The Hall–Kier alpha value is -0.390. The summed E-state index contributed by atoms with van der Waals surface area (Å²) in [6.45, 7) is 2.20. The first-order valence-corrected chi connectivity index (χ1v) is 7.76. The minimum Gasteiger partial charge on any atom is -0.351 e. The maximum absolute atomic E-state index is 11.8. The van der Waals surface area contributed by atoms with Crippen LogP contribution in [0.15, 0.2) is 22.7 Å². The molecule has 1 aromatic carbocycles. The van der Waals surface area contributed by atoms with Crippen molar-refractivity contribution in [2.24, 2.45) is 0 Å². The van der Waals surface area contributed by atoms with Crippen LogP contribution in [0.1, 0.15) is 17.3 Å². The number of carbonyl (C=O) groups excluding carboxylic acids is 1. The zero-order chi connectivity index (χ0) is 13.0. The Kier molecular flexibility index (Phi) is 5.62. The van der Waals surface area contributed by atoms with Crippen molar-refractivity contribution >= 4 is 44.2 Å². The van der Waals surface area contributed by atoms with E-state index < -0.39 is 10.8 Å². The summed E-state index contributed by atoms with van der Waals surface area (Å²) in [7, 11) is -0.942. The second-order valence-corrected chi connectivity index (χ2v) is 6.83. The van der Waals surface area contributed by atoms with Crippen LogP contribution < -0.4 is 5.32 Å². The highest BCUT2D eigenvalue weighted by Crippen LogP contribution is 2.19. The van der Waals surface area contributed by atoms with Gasteiger partial charge in [0.1, 0.15) is 0 Å². The van der Waals surface area contributed by atoms with Crippen LogP contribution in [0.2, 0.25) is 5.02 Å². The number of rotatable bonds is 4. The Labute approximate surface area is 117 Å². The number of carbonyl (C=O) groups is 1. The second kappa shape index (κ2) is 6.52. The van der Waals surface area contributed by atoms with Crippen LogP contribution in [0.4, 0.5) is 0 Å². The molecule has 0 bridgehead atoms. The van der Waals surface area contributed by atoms with E-state index >= 15 is 0 Å². The molecule has 6 heteroatoms. The molecule has 1 amide bonds. The largest absolute Gasteiger partial charge is 0.351 e. The summed E-state index contributed by atoms with van der Waals surface area (Å²) in [6, 6.07) is 4.99. The van der Waals surface area contributed by atoms with Crippen molar-refractivity contribution in [1.29, 1.82) is 0 Å². The first-order valence-electron chi connectivity index (χ1n) is 4.96. The topological polar surface area (TPSA) is 46.2 Å². The average molecular weight is 339 g/mol. The molecule has 0 heterocycles. The average Bonchev–Trinajstić information content (AvgIpc) is 2.23. The van der Waals surface area contributed by atoms with E-state index in [2.05, 4.69) is 21.2 Å². The van der Waals surface area contributed by atoms with Gasteiger partial charge in [-0.1, -0.05) is 27.5 Å². The molecule has 0 aliphatic carbocycles. The Balaban J connectivity index is 2.67. The van der Waals surface area contributed by atoms with E-state index in [0.717, 1.165) is 4.47 Å². The van der Waals surface area contributed by atoms with E-state index in [0.29, 0.717) is 17.1 Å². The van der Waals surface area contributed by atoms with Crippen LogP contribution in [-0.2, 0) is 10.8 Å². The Morgan fingerprint density at radius 1 is 1.53 bits per heavy atom. The number of hydrogen-bond acceptors (Lipinski definition) is 2. The normalized spacial score (nSPS) is 14.1. The summed E-state index contributed by atoms with van der Waals surface area (Å²) in [5.74, 6) is -0.217. The van der Waals surface area contributed by atoms with Crippen molar-refractivity contribution in [3.63, 3.8) is 0 Å². The number of amides is 1. The molecule has 94 valence electrons. The first kappa shape index (κ1) is 14.7. The molecule has 0 aromatic heterocycles. The highest BCUT2D eigenvalue weighted by atomic mass is 79.9. The maximum atomic E-state index is 11.8. The van der Waals surface area contributed by atoms with E-state index in [-0.39, 0.29) is 11.2 Å². The molecular formula is C11H13BrClNO2S. The Morgan fingerprint density at radius 2 is 2.18 bits per heavy atom. The predicted octanol–water partition coefficient (Wildman–Crippen LogP) is 2.60. The fraction of sp³-hybridized carbons (Fsp3) is 0.364. The predicted molar refractivity (Wildman–Crippen MR) is 75.0 cm³/mol. The summed E-state index contributed by atoms with van der Waals surface area (Å²) in [4.78, 5) is 11.8. The third-order valence-corrected chi connectivity index (χ3v) is 4.22. The smallest absolute Gasteiger partial charge is 0.251 e. The zero-order valence-corrected chi connectivity index (χ0v) is 12.7. The van der Waals surface area contributed by atoms with Gasteiger partial charge < -0.3 is 5.32 Å². The molecule has 0 spiro atoms. The van der Waals surface area contributed by atoms with Gasteiger partial charge in [0.2, 0.25) is 0 Å². The third kappa shape index (κ3) is 4.77. The monoisotopic (exact) mass is 337 g/mol. The SMILES string of the molecule is CC(CNC(=O)c1cc(Cl)cc(Br)c1)S(C)=O. The third-order valence-electron chi connectivity index (χ3n) is 2.24. The van der Waals surface area contributed by atoms with Gasteiger partial charge in [0.25, 0.3) is 5.91 Å². The highest BCUT2D eigenvalue weighted by Gasteiger charge is 2.11. The number of halogens is 2. The van der Waals surface area contributed by atoms with Gasteiger partial charge in [-0.3, -0.25) is 9.00 Å². The van der Waals surface area contributed by atoms with Crippen LogP contribution in [0.3, 0.4) is 0 Å². The summed E-state index contributed by atoms with van der Waals surface area (Å²) in [5, 5.41) is 3.15. The van der Waals surface area contributed by atoms with Crippen molar-refractivity contribution < 1.29 is 9.00 Å². The van der Waals surface area contributed by atoms with Crippen LogP contribution >= 0.6 is 27.5 Å². The number of benzene rings is 1. The summed E-state index contributed by atoms with van der Waals surface area (Å²) in [5.41, 5.74) is 0.485. The molecule has 0 saturated heterocycles. The van der Waals surface area contributed by atoms with E-state index in [1.165, 1.54) is 0 Å². The minimum atomic E-state index is -0.942. The molecule has 17 heavy (non-hydrogen) atoms. The lowest BCUT2D eigenvalue weighted by Crippen LogP contribution is -2.32. The molecule has 0 radical (unpaired) electrons. The molecule has 1 N–H and O–H groups in total. The van der Waals surface area contributed by atoms with Crippen molar-refractivity contribution in [3.8, 4) is 0 Å². The van der Waals surface area contributed by atoms with Gasteiger partial charge in [-0.15, -0.1) is 0 Å². The molecule has 0 aliphatic heterocycles. The van der Waals surface area contributed by atoms with E-state index in [1.807, 2.05) is 6.92 Å². The van der Waals surface area contributed by atoms with Crippen LogP contribution in [0, 0.1) is 0 Å². The number of hydrogen-bond donors (Lipinski definition) is 1. The maximum Gasteiger partial charge on any atom is 0.251 e. The molecule has 0 fully saturated rings. The molecule has 0 saturated carbocycles. The first-order chi connectivity index (χ1) is 7.90. The van der Waals surface area contributed by atoms with Crippen molar-refractivity contribution in [2.75, 3.05) is 12.8 Å². The van der Waals surface area contributed by atoms with E-state index in [4.69, 9.17) is 11.6 Å². The van der Waals surface area contributed by atoms with Gasteiger partial charge in [0, 0.05) is 43.9 Å². The van der Waals surface area contributed by atoms with Gasteiger partial charge in [0.15, 0.2) is 0 Å². The molecule has 1 rings (SSSR count). The van der Waals surface area contributed by atoms with Gasteiger partial charge in [-0.2, -0.15) is 0 Å². The quantitative estimate of drug-likeness (QED) is 0.917. The summed E-state index contributed by atoms with van der Waals surface area (Å²) in [6.07, 6.45) is 1.62. The van der Waals surface area contributed by atoms with E-state index in [9.17, 15) is 9.00 Å². The van der Waals surface area contributed by atoms with Gasteiger partial charge in [0.05, 0.1) is 0 Å².